The Kier molecular flexibility index (Phi) is 5.74. The van der Waals surface area contributed by atoms with Gasteiger partial charge in [-0.3, -0.25) is 4.90 Å². The van der Waals surface area contributed by atoms with Crippen molar-refractivity contribution in [1.82, 2.24) is 4.90 Å². The van der Waals surface area contributed by atoms with Gasteiger partial charge in [-0.15, -0.1) is 0 Å². The number of carbonyl (C=O) groups excluding carboxylic acids is 1. The molecule has 3 rings (SSSR count). The third-order valence-electron chi connectivity index (χ3n) is 5.39. The highest BCUT2D eigenvalue weighted by Gasteiger charge is 2.39. The quantitative estimate of drug-likeness (QED) is 0.665. The molecular weight excluding hydrogens is 322 g/mol. The predicted octanol–water partition coefficient (Wildman–Crippen LogP) is 5.97. The van der Waals surface area contributed by atoms with Gasteiger partial charge in [0.25, 0.3) is 0 Å². The van der Waals surface area contributed by atoms with Gasteiger partial charge in [-0.1, -0.05) is 43.7 Å². The van der Waals surface area contributed by atoms with E-state index in [0.717, 1.165) is 25.7 Å². The highest BCUT2D eigenvalue weighted by Crippen LogP contribution is 2.38. The van der Waals surface area contributed by atoms with Crippen molar-refractivity contribution in [3.8, 4) is 0 Å². The average molecular weight is 356 g/mol. The van der Waals surface area contributed by atoms with Crippen molar-refractivity contribution in [2.45, 2.75) is 90.3 Å². The molecule has 1 aromatic rings. The molecule has 2 aliphatic rings. The largest absolute Gasteiger partial charge is 0.444 e. The maximum Gasteiger partial charge on any atom is 0.411 e. The minimum Gasteiger partial charge on any atom is -0.444 e. The van der Waals surface area contributed by atoms with E-state index in [1.165, 1.54) is 36.0 Å². The highest BCUT2D eigenvalue weighted by atomic mass is 16.6. The average Bonchev–Trinajstić information content (AvgIpc) is 2.57. The number of unbranched alkanes of at least 4 members (excludes halogenated alkanes) is 1. The molecule has 2 unspecified atom stereocenters. The molecule has 3 heteroatoms. The van der Waals surface area contributed by atoms with Gasteiger partial charge in [-0.2, -0.15) is 0 Å². The van der Waals surface area contributed by atoms with E-state index in [1.807, 2.05) is 25.7 Å². The minimum atomic E-state index is -0.441. The SMILES string of the molecule is CCCCc1ccc(C2=CC3CCCC(C2)N3C(=O)OC(C)(C)C)cc1. The van der Waals surface area contributed by atoms with Crippen molar-refractivity contribution in [1.29, 1.82) is 0 Å². The van der Waals surface area contributed by atoms with Crippen molar-refractivity contribution in [3.63, 3.8) is 0 Å². The molecule has 2 bridgehead atoms. The molecule has 0 aliphatic carbocycles. The fourth-order valence-corrected chi connectivity index (χ4v) is 4.11. The Morgan fingerprint density at radius 1 is 1.19 bits per heavy atom. The second-order valence-electron chi connectivity index (χ2n) is 8.74. The second-order valence-corrected chi connectivity index (χ2v) is 8.74. The standard InChI is InChI=1S/C23H33NO2/c1-5-6-8-17-11-13-18(14-12-17)19-15-20-9-7-10-21(16-19)24(20)22(25)26-23(2,3)4/h11-15,20-21H,5-10,16H2,1-4H3. The van der Waals surface area contributed by atoms with Gasteiger partial charge in [-0.05, 0) is 76.0 Å². The molecule has 3 nitrogen and oxygen atoms in total. The van der Waals surface area contributed by atoms with Crippen LogP contribution < -0.4 is 0 Å². The molecule has 1 amide bonds. The Hall–Kier alpha value is -1.77. The topological polar surface area (TPSA) is 29.5 Å². The molecule has 26 heavy (non-hydrogen) atoms. The number of rotatable bonds is 4. The smallest absolute Gasteiger partial charge is 0.411 e. The van der Waals surface area contributed by atoms with Crippen molar-refractivity contribution in [2.75, 3.05) is 0 Å². The second kappa shape index (κ2) is 7.85. The first-order chi connectivity index (χ1) is 12.4. The van der Waals surface area contributed by atoms with Gasteiger partial charge in [0.2, 0.25) is 0 Å². The lowest BCUT2D eigenvalue weighted by Crippen LogP contribution is -2.53. The number of piperidine rings is 1. The van der Waals surface area contributed by atoms with Gasteiger partial charge in [0, 0.05) is 6.04 Å². The lowest BCUT2D eigenvalue weighted by Gasteiger charge is -2.45. The monoisotopic (exact) mass is 355 g/mol. The molecule has 0 saturated carbocycles. The van der Waals surface area contributed by atoms with Crippen molar-refractivity contribution >= 4 is 11.7 Å². The van der Waals surface area contributed by atoms with E-state index < -0.39 is 5.60 Å². The lowest BCUT2D eigenvalue weighted by atomic mass is 9.83. The third-order valence-corrected chi connectivity index (χ3v) is 5.39. The normalized spacial score (nSPS) is 22.8. The maximum atomic E-state index is 12.7. The van der Waals surface area contributed by atoms with E-state index in [0.29, 0.717) is 0 Å². The summed E-state index contributed by atoms with van der Waals surface area (Å²) in [6, 6.07) is 9.49. The van der Waals surface area contributed by atoms with Crippen LogP contribution in [0.4, 0.5) is 4.79 Å². The molecule has 0 N–H and O–H groups in total. The summed E-state index contributed by atoms with van der Waals surface area (Å²) in [6.45, 7) is 8.04. The summed E-state index contributed by atoms with van der Waals surface area (Å²) < 4.78 is 5.67. The zero-order chi connectivity index (χ0) is 18.7. The zero-order valence-electron chi connectivity index (χ0n) is 16.8. The Labute approximate surface area is 158 Å². The number of fused-ring (bicyclic) bond motifs is 2. The number of ether oxygens (including phenoxy) is 1. The highest BCUT2D eigenvalue weighted by molar-refractivity contribution is 5.74. The number of hydrogen-bond acceptors (Lipinski definition) is 2. The first kappa shape index (κ1) is 19.0. The van der Waals surface area contributed by atoms with Crippen LogP contribution in [0.25, 0.3) is 5.57 Å². The molecule has 0 radical (unpaired) electrons. The predicted molar refractivity (Wildman–Crippen MR) is 107 cm³/mol. The van der Waals surface area contributed by atoms with Crippen LogP contribution in [0.2, 0.25) is 0 Å². The summed E-state index contributed by atoms with van der Waals surface area (Å²) in [5.41, 5.74) is 3.68. The van der Waals surface area contributed by atoms with E-state index in [2.05, 4.69) is 37.3 Å². The zero-order valence-corrected chi connectivity index (χ0v) is 16.8. The van der Waals surface area contributed by atoms with Crippen LogP contribution in [0.1, 0.15) is 77.3 Å². The summed E-state index contributed by atoms with van der Waals surface area (Å²) in [7, 11) is 0. The van der Waals surface area contributed by atoms with E-state index in [4.69, 9.17) is 4.74 Å². The van der Waals surface area contributed by atoms with Gasteiger partial charge in [-0.25, -0.2) is 4.79 Å². The van der Waals surface area contributed by atoms with Crippen LogP contribution in [-0.2, 0) is 11.2 Å². The van der Waals surface area contributed by atoms with Gasteiger partial charge < -0.3 is 4.74 Å². The molecule has 142 valence electrons. The van der Waals surface area contributed by atoms with E-state index in [-0.39, 0.29) is 18.2 Å². The summed E-state index contributed by atoms with van der Waals surface area (Å²) in [5, 5.41) is 0. The van der Waals surface area contributed by atoms with Crippen LogP contribution in [0.5, 0.6) is 0 Å². The van der Waals surface area contributed by atoms with Gasteiger partial charge >= 0.3 is 6.09 Å². The molecule has 1 saturated heterocycles. The van der Waals surface area contributed by atoms with Gasteiger partial charge in [0.05, 0.1) is 6.04 Å². The number of nitrogens with zero attached hydrogens (tertiary/aromatic N) is 1. The fourth-order valence-electron chi connectivity index (χ4n) is 4.11. The Balaban J connectivity index is 1.76. The number of carbonyl (C=O) groups is 1. The molecular formula is C23H33NO2. The summed E-state index contributed by atoms with van der Waals surface area (Å²) >= 11 is 0. The summed E-state index contributed by atoms with van der Waals surface area (Å²) in [5.74, 6) is 0. The van der Waals surface area contributed by atoms with E-state index >= 15 is 0 Å². The Morgan fingerprint density at radius 2 is 1.92 bits per heavy atom. The van der Waals surface area contributed by atoms with Gasteiger partial charge in [0.15, 0.2) is 0 Å². The van der Waals surface area contributed by atoms with Crippen LogP contribution >= 0.6 is 0 Å². The van der Waals surface area contributed by atoms with Crippen LogP contribution in [-0.4, -0.2) is 28.7 Å². The van der Waals surface area contributed by atoms with Crippen LogP contribution in [0, 0.1) is 0 Å². The Bertz CT molecular complexity index is 654. The molecule has 2 heterocycles. The number of benzene rings is 1. The Morgan fingerprint density at radius 3 is 2.54 bits per heavy atom. The first-order valence-electron chi connectivity index (χ1n) is 10.2. The van der Waals surface area contributed by atoms with Crippen LogP contribution in [0.15, 0.2) is 30.3 Å². The number of hydrogen-bond donors (Lipinski definition) is 0. The van der Waals surface area contributed by atoms with Crippen molar-refractivity contribution in [2.24, 2.45) is 0 Å². The van der Waals surface area contributed by atoms with Crippen molar-refractivity contribution in [3.05, 3.63) is 41.5 Å². The third kappa shape index (κ3) is 4.49. The molecule has 2 atom stereocenters. The molecule has 2 aliphatic heterocycles. The molecule has 1 fully saturated rings. The maximum absolute atomic E-state index is 12.7. The van der Waals surface area contributed by atoms with Gasteiger partial charge in [0.1, 0.15) is 5.60 Å². The minimum absolute atomic E-state index is 0.155. The molecule has 0 aromatic heterocycles. The fraction of sp³-hybridized carbons (Fsp3) is 0.609. The van der Waals surface area contributed by atoms with Crippen LogP contribution in [0.3, 0.4) is 0 Å². The summed E-state index contributed by atoms with van der Waals surface area (Å²) in [4.78, 5) is 14.7. The number of aryl methyl sites for hydroxylation is 1. The molecule has 0 spiro atoms. The number of amides is 1. The lowest BCUT2D eigenvalue weighted by molar-refractivity contribution is 0.0000857. The molecule has 1 aromatic carbocycles. The van der Waals surface area contributed by atoms with E-state index in [1.54, 1.807) is 0 Å². The summed E-state index contributed by atoms with van der Waals surface area (Å²) in [6.07, 6.45) is 10.0. The van der Waals surface area contributed by atoms with E-state index in [9.17, 15) is 4.79 Å². The van der Waals surface area contributed by atoms with Crippen molar-refractivity contribution < 1.29 is 9.53 Å². The first-order valence-corrected chi connectivity index (χ1v) is 10.2.